The predicted octanol–water partition coefficient (Wildman–Crippen LogP) is 4.53. The highest BCUT2D eigenvalue weighted by Gasteiger charge is 2.49. The Morgan fingerprint density at radius 2 is 1.93 bits per heavy atom. The molecule has 6 heteroatoms. The van der Waals surface area contributed by atoms with E-state index in [1.54, 1.807) is 12.4 Å². The molecule has 0 bridgehead atoms. The van der Waals surface area contributed by atoms with Crippen molar-refractivity contribution < 1.29 is 13.8 Å². The minimum atomic E-state index is -0.254. The average molecular weight is 407 g/mol. The number of hydrogen-bond donors (Lipinski definition) is 1. The molecule has 0 spiro atoms. The van der Waals surface area contributed by atoms with Crippen molar-refractivity contribution in [2.45, 2.75) is 25.6 Å². The third kappa shape index (κ3) is 3.31. The zero-order chi connectivity index (χ0) is 19.8. The number of nitrogens with zero attached hydrogens (tertiary/aromatic N) is 3. The van der Waals surface area contributed by atoms with Crippen molar-refractivity contribution in [2.75, 3.05) is 0 Å². The Bertz CT molecular complexity index is 1050. The van der Waals surface area contributed by atoms with E-state index in [9.17, 15) is 5.11 Å². The highest BCUT2D eigenvalue weighted by Crippen LogP contribution is 2.45. The zero-order valence-electron chi connectivity index (χ0n) is 15.8. The van der Waals surface area contributed by atoms with Crippen LogP contribution in [0, 0.1) is 5.92 Å². The number of allylic oxidation sites excluding steroid dienone is 2. The summed E-state index contributed by atoms with van der Waals surface area (Å²) >= 11 is 7.02. The first-order chi connectivity index (χ1) is 14.1. The molecule has 146 valence electrons. The van der Waals surface area contributed by atoms with E-state index in [4.69, 9.17) is 21.5 Å². The Kier molecular flexibility index (Phi) is 4.59. The van der Waals surface area contributed by atoms with E-state index in [2.05, 4.69) is 4.99 Å². The van der Waals surface area contributed by atoms with Crippen molar-refractivity contribution in [3.05, 3.63) is 89.5 Å². The summed E-state index contributed by atoms with van der Waals surface area (Å²) in [5.41, 5.74) is 3.79. The number of quaternary nitrogens is 1. The standard InChI is InChI=1S/C23H21ClN3O2/c24-27-10-9-25-14-21(27)22(18-11-19(28)12-18)26-23(27)17-7-4-8-20(13-17)29-15-16-5-2-1-3-6-16/h1-10,13-14,18-19,28H,11-12,15H2/q+1. The number of hydrogen-bond acceptors (Lipinski definition) is 4. The Morgan fingerprint density at radius 1 is 1.10 bits per heavy atom. The number of benzene rings is 2. The second-order valence-electron chi connectivity index (χ2n) is 7.54. The van der Waals surface area contributed by atoms with Gasteiger partial charge in [-0.2, -0.15) is 4.99 Å². The lowest BCUT2D eigenvalue weighted by molar-refractivity contribution is -0.600. The van der Waals surface area contributed by atoms with Crippen LogP contribution in [0.15, 0.2) is 88.4 Å². The van der Waals surface area contributed by atoms with Gasteiger partial charge in [0.05, 0.1) is 24.1 Å². The van der Waals surface area contributed by atoms with E-state index < -0.39 is 0 Å². The molecule has 0 saturated heterocycles. The van der Waals surface area contributed by atoms with Crippen molar-refractivity contribution in [3.8, 4) is 5.75 Å². The van der Waals surface area contributed by atoms with Crippen molar-refractivity contribution in [1.82, 2.24) is 0 Å². The summed E-state index contributed by atoms with van der Waals surface area (Å²) in [6.45, 7) is 0.499. The van der Waals surface area contributed by atoms with Crippen LogP contribution in [-0.2, 0) is 6.61 Å². The van der Waals surface area contributed by atoms with Gasteiger partial charge in [0.2, 0.25) is 5.70 Å². The monoisotopic (exact) mass is 406 g/mol. The Hall–Kier alpha value is -2.73. The van der Waals surface area contributed by atoms with E-state index in [0.717, 1.165) is 34.1 Å². The summed E-state index contributed by atoms with van der Waals surface area (Å²) in [4.78, 5) is 9.18. The molecule has 1 saturated carbocycles. The minimum absolute atomic E-state index is 0.0342. The molecule has 0 radical (unpaired) electrons. The fourth-order valence-corrected chi connectivity index (χ4v) is 4.22. The van der Waals surface area contributed by atoms with Gasteiger partial charge in [-0.05, 0) is 36.6 Å². The van der Waals surface area contributed by atoms with Crippen LogP contribution in [0.1, 0.15) is 24.0 Å². The first kappa shape index (κ1) is 18.3. The van der Waals surface area contributed by atoms with Gasteiger partial charge in [-0.3, -0.25) is 4.99 Å². The van der Waals surface area contributed by atoms with Gasteiger partial charge in [0.15, 0.2) is 11.8 Å². The maximum Gasteiger partial charge on any atom is 0.263 e. The number of aliphatic imine (C=N–C) groups is 2. The molecule has 2 heterocycles. The maximum absolute atomic E-state index is 9.74. The number of aliphatic hydroxyl groups is 1. The Labute approximate surface area is 174 Å². The van der Waals surface area contributed by atoms with Crippen molar-refractivity contribution in [3.63, 3.8) is 0 Å². The minimum Gasteiger partial charge on any atom is -0.489 e. The van der Waals surface area contributed by atoms with E-state index in [-0.39, 0.29) is 16.0 Å². The summed E-state index contributed by atoms with van der Waals surface area (Å²) in [5.74, 6) is 1.70. The molecular weight excluding hydrogens is 386 g/mol. The molecule has 5 nitrogen and oxygen atoms in total. The predicted molar refractivity (Wildman–Crippen MR) is 113 cm³/mol. The molecule has 2 aromatic rings. The normalized spacial score (nSPS) is 27.4. The summed E-state index contributed by atoms with van der Waals surface area (Å²) in [5, 5.41) is 9.74. The Balaban J connectivity index is 1.44. The van der Waals surface area contributed by atoms with Crippen LogP contribution in [0.4, 0.5) is 0 Å². The first-order valence-electron chi connectivity index (χ1n) is 9.72. The van der Waals surface area contributed by atoms with Crippen molar-refractivity contribution in [1.29, 1.82) is 0 Å². The molecule has 1 aliphatic carbocycles. The number of halogens is 1. The second-order valence-corrected chi connectivity index (χ2v) is 8.08. The molecule has 1 unspecified atom stereocenters. The fourth-order valence-electron chi connectivity index (χ4n) is 3.90. The van der Waals surface area contributed by atoms with Gasteiger partial charge in [-0.1, -0.05) is 36.4 Å². The number of fused-ring (bicyclic) bond motifs is 1. The number of rotatable bonds is 5. The molecule has 5 rings (SSSR count). The van der Waals surface area contributed by atoms with Crippen LogP contribution in [-0.4, -0.2) is 27.3 Å². The van der Waals surface area contributed by atoms with Gasteiger partial charge in [0.1, 0.15) is 24.3 Å². The third-order valence-corrected chi connectivity index (χ3v) is 6.00. The van der Waals surface area contributed by atoms with Gasteiger partial charge in [-0.15, -0.1) is 4.00 Å². The van der Waals surface area contributed by atoms with Crippen LogP contribution in [0.25, 0.3) is 0 Å². The number of aliphatic hydroxyl groups excluding tert-OH is 1. The lowest BCUT2D eigenvalue weighted by Gasteiger charge is -2.31. The SMILES string of the molecule is OC1CC(C2=C3C=NC=C[N+]3(Cl)C(c3cccc(OCc4ccccc4)c3)=N2)C1. The van der Waals surface area contributed by atoms with Crippen molar-refractivity contribution in [2.24, 2.45) is 15.9 Å². The summed E-state index contributed by atoms with van der Waals surface area (Å²) in [7, 11) is 0. The van der Waals surface area contributed by atoms with E-state index in [0.29, 0.717) is 19.4 Å². The quantitative estimate of drug-likeness (QED) is 0.741. The van der Waals surface area contributed by atoms with Gasteiger partial charge >= 0.3 is 0 Å². The summed E-state index contributed by atoms with van der Waals surface area (Å²) in [6, 6.07) is 17.9. The van der Waals surface area contributed by atoms with E-state index in [1.807, 2.05) is 60.8 Å². The van der Waals surface area contributed by atoms with Gasteiger partial charge in [-0.25, -0.2) is 0 Å². The second kappa shape index (κ2) is 7.26. The highest BCUT2D eigenvalue weighted by molar-refractivity contribution is 6.20. The molecule has 1 fully saturated rings. The smallest absolute Gasteiger partial charge is 0.263 e. The van der Waals surface area contributed by atoms with Crippen LogP contribution >= 0.6 is 11.8 Å². The molecule has 1 N–H and O–H groups in total. The topological polar surface area (TPSA) is 54.2 Å². The maximum atomic E-state index is 9.74. The summed E-state index contributed by atoms with van der Waals surface area (Å²) in [6.07, 6.45) is 6.47. The molecule has 2 aromatic carbocycles. The summed E-state index contributed by atoms with van der Waals surface area (Å²) < 4.78 is 5.95. The highest BCUT2D eigenvalue weighted by atomic mass is 35.5. The molecule has 0 aromatic heterocycles. The largest absolute Gasteiger partial charge is 0.489 e. The molecule has 29 heavy (non-hydrogen) atoms. The number of ether oxygens (including phenoxy) is 1. The van der Waals surface area contributed by atoms with Crippen LogP contribution in [0.3, 0.4) is 0 Å². The van der Waals surface area contributed by atoms with E-state index in [1.165, 1.54) is 0 Å². The molecule has 1 atom stereocenters. The molecular formula is C23H21ClN3O2+. The van der Waals surface area contributed by atoms with Crippen LogP contribution < -0.4 is 4.74 Å². The molecule has 0 amide bonds. The molecule has 3 aliphatic rings. The first-order valence-corrected chi connectivity index (χ1v) is 10.1. The van der Waals surface area contributed by atoms with Gasteiger partial charge in [0.25, 0.3) is 5.84 Å². The zero-order valence-corrected chi connectivity index (χ0v) is 16.5. The Morgan fingerprint density at radius 3 is 2.72 bits per heavy atom. The van der Waals surface area contributed by atoms with Crippen LogP contribution in [0.2, 0.25) is 0 Å². The van der Waals surface area contributed by atoms with Crippen molar-refractivity contribution >= 4 is 23.8 Å². The number of amidine groups is 1. The lowest BCUT2D eigenvalue weighted by atomic mass is 9.79. The lowest BCUT2D eigenvalue weighted by Crippen LogP contribution is -2.38. The van der Waals surface area contributed by atoms with Crippen LogP contribution in [0.5, 0.6) is 5.75 Å². The van der Waals surface area contributed by atoms with Gasteiger partial charge < -0.3 is 9.84 Å². The van der Waals surface area contributed by atoms with Gasteiger partial charge in [0, 0.05) is 5.92 Å². The van der Waals surface area contributed by atoms with E-state index >= 15 is 0 Å². The molecule has 2 aliphatic heterocycles. The fraction of sp³-hybridized carbons (Fsp3) is 0.217. The third-order valence-electron chi connectivity index (χ3n) is 5.54. The average Bonchev–Trinajstić information content (AvgIpc) is 3.03.